The normalized spacial score (nSPS) is 11.7. The van der Waals surface area contributed by atoms with Gasteiger partial charge < -0.3 is 10.1 Å². The van der Waals surface area contributed by atoms with Crippen LogP contribution in [-0.4, -0.2) is 43.9 Å². The van der Waals surface area contributed by atoms with Crippen LogP contribution in [0.2, 0.25) is 0 Å². The molecule has 8 nitrogen and oxygen atoms in total. The highest BCUT2D eigenvalue weighted by Gasteiger charge is 2.35. The number of fused-ring (bicyclic) bond motifs is 1. The minimum atomic E-state index is -4.69. The number of alkyl halides is 3. The second kappa shape index (κ2) is 8.93. The monoisotopic (exact) mass is 458 g/mol. The molecule has 0 fully saturated rings. The fraction of sp³-hybridized carbons (Fsp3) is 0.273. The molecule has 0 spiro atoms. The van der Waals surface area contributed by atoms with E-state index in [1.54, 1.807) is 35.1 Å². The number of methoxy groups -OCH3 is 1. The molecule has 0 aliphatic heterocycles. The Morgan fingerprint density at radius 3 is 2.58 bits per heavy atom. The van der Waals surface area contributed by atoms with E-state index in [-0.39, 0.29) is 17.0 Å². The van der Waals surface area contributed by atoms with Crippen LogP contribution in [0.5, 0.6) is 5.75 Å². The van der Waals surface area contributed by atoms with Crippen molar-refractivity contribution in [3.63, 3.8) is 0 Å². The summed E-state index contributed by atoms with van der Waals surface area (Å²) < 4.78 is 48.7. The zero-order chi connectivity index (χ0) is 23.6. The molecule has 0 saturated heterocycles. The Kier molecular flexibility index (Phi) is 6.03. The van der Waals surface area contributed by atoms with Crippen molar-refractivity contribution in [1.29, 1.82) is 0 Å². The summed E-state index contributed by atoms with van der Waals surface area (Å²) in [7, 11) is 1.50. The lowest BCUT2D eigenvalue weighted by atomic mass is 10.1. The topological polar surface area (TPSA) is 86.3 Å². The third-order valence-electron chi connectivity index (χ3n) is 4.95. The van der Waals surface area contributed by atoms with E-state index in [1.807, 2.05) is 13.1 Å². The van der Waals surface area contributed by atoms with Gasteiger partial charge in [-0.25, -0.2) is 9.50 Å². The van der Waals surface area contributed by atoms with Crippen molar-refractivity contribution in [3.8, 4) is 17.0 Å². The molecule has 0 aliphatic carbocycles. The predicted molar refractivity (Wildman–Crippen MR) is 114 cm³/mol. The number of amides is 1. The molecule has 1 N–H and O–H groups in total. The average molecular weight is 458 g/mol. The van der Waals surface area contributed by atoms with E-state index in [1.165, 1.54) is 13.2 Å². The molecule has 1 aromatic carbocycles. The smallest absolute Gasteiger partial charge is 0.433 e. The van der Waals surface area contributed by atoms with Crippen molar-refractivity contribution < 1.29 is 22.7 Å². The molecular formula is C22H21F3N6O2. The maximum Gasteiger partial charge on any atom is 0.433 e. The maximum absolute atomic E-state index is 13.7. The first-order valence-electron chi connectivity index (χ1n) is 10.1. The minimum absolute atomic E-state index is 0.0761. The van der Waals surface area contributed by atoms with Crippen molar-refractivity contribution in [1.82, 2.24) is 29.7 Å². The molecule has 0 saturated carbocycles. The molecule has 33 heavy (non-hydrogen) atoms. The number of ether oxygens (including phenoxy) is 1. The fourth-order valence-corrected chi connectivity index (χ4v) is 3.32. The van der Waals surface area contributed by atoms with Gasteiger partial charge in [-0.05, 0) is 49.2 Å². The highest BCUT2D eigenvalue weighted by molar-refractivity contribution is 5.93. The Bertz CT molecular complexity index is 1280. The third-order valence-corrected chi connectivity index (χ3v) is 4.95. The van der Waals surface area contributed by atoms with Crippen LogP contribution in [-0.2, 0) is 12.7 Å². The van der Waals surface area contributed by atoms with E-state index in [0.717, 1.165) is 11.6 Å². The summed E-state index contributed by atoms with van der Waals surface area (Å²) in [5.41, 5.74) is 0.378. The van der Waals surface area contributed by atoms with Gasteiger partial charge in [0.15, 0.2) is 17.0 Å². The lowest BCUT2D eigenvalue weighted by Gasteiger charge is -2.11. The van der Waals surface area contributed by atoms with Gasteiger partial charge in [-0.15, -0.1) is 0 Å². The summed E-state index contributed by atoms with van der Waals surface area (Å²) in [6, 6.07) is 8.65. The van der Waals surface area contributed by atoms with Gasteiger partial charge in [0.05, 0.1) is 19.0 Å². The molecule has 3 heterocycles. The standard InChI is InChI=1S/C22H21F3N6O2/c1-14-12-27-30(13-14)9-3-8-26-21(32)18-11-20-28-17(15-4-6-16(33-2)7-5-15)10-19(22(23,24)25)31(20)29-18/h4-7,10-13H,3,8-9H2,1-2H3,(H,26,32). The van der Waals surface area contributed by atoms with E-state index >= 15 is 0 Å². The van der Waals surface area contributed by atoms with E-state index in [4.69, 9.17) is 4.74 Å². The van der Waals surface area contributed by atoms with Crippen LogP contribution in [0.4, 0.5) is 13.2 Å². The lowest BCUT2D eigenvalue weighted by Crippen LogP contribution is -2.26. The molecule has 3 aromatic heterocycles. The van der Waals surface area contributed by atoms with Crippen LogP contribution in [0.1, 0.15) is 28.2 Å². The number of aryl methyl sites for hydroxylation is 2. The van der Waals surface area contributed by atoms with Crippen molar-refractivity contribution in [3.05, 3.63) is 65.7 Å². The number of halogens is 3. The molecule has 172 valence electrons. The van der Waals surface area contributed by atoms with Crippen molar-refractivity contribution in [2.75, 3.05) is 13.7 Å². The van der Waals surface area contributed by atoms with Gasteiger partial charge >= 0.3 is 6.18 Å². The Hall–Kier alpha value is -3.89. The molecule has 0 bridgehead atoms. The number of carbonyl (C=O) groups is 1. The number of nitrogens with one attached hydrogen (secondary N) is 1. The fourth-order valence-electron chi connectivity index (χ4n) is 3.32. The molecule has 4 aromatic rings. The second-order valence-corrected chi connectivity index (χ2v) is 7.44. The third kappa shape index (κ3) is 4.97. The molecule has 0 atom stereocenters. The van der Waals surface area contributed by atoms with Crippen LogP contribution in [0.15, 0.2) is 48.8 Å². The van der Waals surface area contributed by atoms with Crippen LogP contribution in [0.25, 0.3) is 16.9 Å². The summed E-state index contributed by atoms with van der Waals surface area (Å²) in [5.74, 6) is -0.00172. The number of hydrogen-bond donors (Lipinski definition) is 1. The number of aromatic nitrogens is 5. The minimum Gasteiger partial charge on any atom is -0.497 e. The number of hydrogen-bond acceptors (Lipinski definition) is 5. The van der Waals surface area contributed by atoms with Crippen LogP contribution in [0, 0.1) is 6.92 Å². The molecule has 0 unspecified atom stereocenters. The Labute approximate surface area is 187 Å². The predicted octanol–water partition coefficient (Wildman–Crippen LogP) is 3.75. The number of benzene rings is 1. The summed E-state index contributed by atoms with van der Waals surface area (Å²) in [4.78, 5) is 16.8. The van der Waals surface area contributed by atoms with Gasteiger partial charge in [0.2, 0.25) is 0 Å². The Morgan fingerprint density at radius 1 is 1.18 bits per heavy atom. The first kappa shape index (κ1) is 22.3. The Balaban J connectivity index is 1.56. The first-order chi connectivity index (χ1) is 15.7. The Morgan fingerprint density at radius 2 is 1.94 bits per heavy atom. The van der Waals surface area contributed by atoms with E-state index < -0.39 is 17.8 Å². The first-order valence-corrected chi connectivity index (χ1v) is 10.1. The number of carbonyl (C=O) groups excluding carboxylic acids is 1. The average Bonchev–Trinajstić information content (AvgIpc) is 3.41. The molecule has 0 aliphatic rings. The maximum atomic E-state index is 13.7. The molecule has 1 amide bonds. The summed E-state index contributed by atoms with van der Waals surface area (Å²) in [6.07, 6.45) is -0.465. The quantitative estimate of drug-likeness (QED) is 0.427. The zero-order valence-electron chi connectivity index (χ0n) is 17.9. The molecule has 0 radical (unpaired) electrons. The largest absolute Gasteiger partial charge is 0.497 e. The van der Waals surface area contributed by atoms with Crippen molar-refractivity contribution in [2.24, 2.45) is 0 Å². The van der Waals surface area contributed by atoms with Gasteiger partial charge in [-0.2, -0.15) is 23.4 Å². The van der Waals surface area contributed by atoms with Crippen LogP contribution >= 0.6 is 0 Å². The van der Waals surface area contributed by atoms with Gasteiger partial charge in [0, 0.05) is 30.9 Å². The highest BCUT2D eigenvalue weighted by atomic mass is 19.4. The van der Waals surface area contributed by atoms with E-state index in [0.29, 0.717) is 35.3 Å². The van der Waals surface area contributed by atoms with Crippen LogP contribution in [0.3, 0.4) is 0 Å². The van der Waals surface area contributed by atoms with E-state index in [2.05, 4.69) is 20.5 Å². The second-order valence-electron chi connectivity index (χ2n) is 7.44. The number of rotatable bonds is 7. The van der Waals surface area contributed by atoms with Crippen molar-refractivity contribution in [2.45, 2.75) is 26.1 Å². The van der Waals surface area contributed by atoms with E-state index in [9.17, 15) is 18.0 Å². The van der Waals surface area contributed by atoms with Gasteiger partial charge in [0.25, 0.3) is 5.91 Å². The van der Waals surface area contributed by atoms with Crippen LogP contribution < -0.4 is 10.1 Å². The molecular weight excluding hydrogens is 437 g/mol. The van der Waals surface area contributed by atoms with Crippen molar-refractivity contribution >= 4 is 11.6 Å². The SMILES string of the molecule is COc1ccc(-c2cc(C(F)(F)F)n3nc(C(=O)NCCCn4cc(C)cn4)cc3n2)cc1. The zero-order valence-corrected chi connectivity index (χ0v) is 17.9. The summed E-state index contributed by atoms with van der Waals surface area (Å²) in [6.45, 7) is 2.85. The van der Waals surface area contributed by atoms with Gasteiger partial charge in [0.1, 0.15) is 5.75 Å². The van der Waals surface area contributed by atoms with Gasteiger partial charge in [-0.3, -0.25) is 9.48 Å². The highest BCUT2D eigenvalue weighted by Crippen LogP contribution is 2.32. The molecule has 4 rings (SSSR count). The molecule has 11 heteroatoms. The summed E-state index contributed by atoms with van der Waals surface area (Å²) in [5, 5.41) is 10.7. The van der Waals surface area contributed by atoms with Gasteiger partial charge in [-0.1, -0.05) is 0 Å². The summed E-state index contributed by atoms with van der Waals surface area (Å²) >= 11 is 0. The number of nitrogens with zero attached hydrogens (tertiary/aromatic N) is 5. The lowest BCUT2D eigenvalue weighted by molar-refractivity contribution is -0.142.